The van der Waals surface area contributed by atoms with Crippen molar-refractivity contribution in [2.75, 3.05) is 24.9 Å². The highest BCUT2D eigenvalue weighted by Crippen LogP contribution is 2.28. The van der Waals surface area contributed by atoms with Crippen LogP contribution in [0, 0.1) is 0 Å². The summed E-state index contributed by atoms with van der Waals surface area (Å²) in [5.41, 5.74) is 1.00. The van der Waals surface area contributed by atoms with Gasteiger partial charge in [-0.05, 0) is 49.1 Å². The Balaban J connectivity index is 1.48. The molecule has 7 heteroatoms. The lowest BCUT2D eigenvalue weighted by Crippen LogP contribution is -2.17. The Hall–Kier alpha value is -2.83. The van der Waals surface area contributed by atoms with Crippen molar-refractivity contribution < 1.29 is 14.3 Å². The van der Waals surface area contributed by atoms with Gasteiger partial charge in [0, 0.05) is 12.5 Å². The summed E-state index contributed by atoms with van der Waals surface area (Å²) < 4.78 is 10.5. The molecule has 0 bridgehead atoms. The van der Waals surface area contributed by atoms with Crippen molar-refractivity contribution >= 4 is 17.5 Å². The van der Waals surface area contributed by atoms with Gasteiger partial charge >= 0.3 is 0 Å². The van der Waals surface area contributed by atoms with Crippen LogP contribution in [0.15, 0.2) is 30.3 Å². The molecule has 1 aliphatic carbocycles. The first-order valence-corrected chi connectivity index (χ1v) is 9.29. The number of anilines is 2. The van der Waals surface area contributed by atoms with Crippen LogP contribution in [0.4, 0.5) is 11.6 Å². The van der Waals surface area contributed by atoms with Gasteiger partial charge in [0.2, 0.25) is 5.91 Å². The van der Waals surface area contributed by atoms with Gasteiger partial charge in [0.1, 0.15) is 5.82 Å². The SMILES string of the molecule is COc1ccc(CCC(=O)Nc2ccc(NC3CCCC3)nn2)cc1OC. The Bertz CT molecular complexity index is 758. The Morgan fingerprint density at radius 3 is 2.41 bits per heavy atom. The molecule has 7 nitrogen and oxygen atoms in total. The van der Waals surface area contributed by atoms with Gasteiger partial charge < -0.3 is 20.1 Å². The van der Waals surface area contributed by atoms with E-state index in [0.717, 1.165) is 11.4 Å². The van der Waals surface area contributed by atoms with E-state index in [9.17, 15) is 4.79 Å². The van der Waals surface area contributed by atoms with Crippen molar-refractivity contribution in [1.82, 2.24) is 10.2 Å². The average molecular weight is 370 g/mol. The van der Waals surface area contributed by atoms with Gasteiger partial charge in [0.15, 0.2) is 17.3 Å². The number of aromatic nitrogens is 2. The third kappa shape index (κ3) is 5.32. The number of methoxy groups -OCH3 is 2. The van der Waals surface area contributed by atoms with Crippen LogP contribution in [0.2, 0.25) is 0 Å². The van der Waals surface area contributed by atoms with Crippen LogP contribution >= 0.6 is 0 Å². The van der Waals surface area contributed by atoms with Crippen LogP contribution in [0.25, 0.3) is 0 Å². The van der Waals surface area contributed by atoms with Gasteiger partial charge in [-0.1, -0.05) is 18.9 Å². The fourth-order valence-corrected chi connectivity index (χ4v) is 3.25. The number of ether oxygens (including phenoxy) is 2. The molecule has 2 N–H and O–H groups in total. The third-order valence-corrected chi connectivity index (χ3v) is 4.73. The van der Waals surface area contributed by atoms with E-state index in [0.29, 0.717) is 36.2 Å². The van der Waals surface area contributed by atoms with E-state index in [4.69, 9.17) is 9.47 Å². The number of amides is 1. The topological polar surface area (TPSA) is 85.4 Å². The van der Waals surface area contributed by atoms with Gasteiger partial charge in [0.25, 0.3) is 0 Å². The first-order chi connectivity index (χ1) is 13.2. The van der Waals surface area contributed by atoms with E-state index in [1.54, 1.807) is 20.3 Å². The summed E-state index contributed by atoms with van der Waals surface area (Å²) >= 11 is 0. The maximum absolute atomic E-state index is 12.2. The van der Waals surface area contributed by atoms with Gasteiger partial charge in [-0.25, -0.2) is 0 Å². The quantitative estimate of drug-likeness (QED) is 0.741. The molecule has 0 saturated heterocycles. The number of hydrogen-bond acceptors (Lipinski definition) is 6. The van der Waals surface area contributed by atoms with Crippen molar-refractivity contribution in [2.24, 2.45) is 0 Å². The zero-order chi connectivity index (χ0) is 19.1. The molecule has 1 fully saturated rings. The zero-order valence-corrected chi connectivity index (χ0v) is 15.8. The Morgan fingerprint density at radius 2 is 1.74 bits per heavy atom. The monoisotopic (exact) mass is 370 g/mol. The molecule has 27 heavy (non-hydrogen) atoms. The lowest BCUT2D eigenvalue weighted by atomic mass is 10.1. The number of benzene rings is 1. The molecule has 1 amide bonds. The number of rotatable bonds is 8. The first-order valence-electron chi connectivity index (χ1n) is 9.29. The molecule has 1 saturated carbocycles. The molecule has 0 radical (unpaired) electrons. The highest BCUT2D eigenvalue weighted by atomic mass is 16.5. The van der Waals surface area contributed by atoms with Gasteiger partial charge in [-0.3, -0.25) is 4.79 Å². The standard InChI is InChI=1S/C20H26N4O3/c1-26-16-9-7-14(13-17(16)27-2)8-12-20(25)22-19-11-10-18(23-24-19)21-15-5-3-4-6-15/h7,9-11,13,15H,3-6,8,12H2,1-2H3,(H,21,23)(H,22,24,25). The van der Waals surface area contributed by atoms with Crippen LogP contribution in [0.3, 0.4) is 0 Å². The van der Waals surface area contributed by atoms with Crippen molar-refractivity contribution in [3.05, 3.63) is 35.9 Å². The molecule has 2 aromatic rings. The molecule has 1 aromatic carbocycles. The summed E-state index contributed by atoms with van der Waals surface area (Å²) in [7, 11) is 3.19. The van der Waals surface area contributed by atoms with Crippen molar-refractivity contribution in [3.63, 3.8) is 0 Å². The van der Waals surface area contributed by atoms with Gasteiger partial charge in [-0.15, -0.1) is 10.2 Å². The van der Waals surface area contributed by atoms with E-state index in [2.05, 4.69) is 20.8 Å². The number of hydrogen-bond donors (Lipinski definition) is 2. The largest absolute Gasteiger partial charge is 0.493 e. The van der Waals surface area contributed by atoms with E-state index in [-0.39, 0.29) is 5.91 Å². The predicted molar refractivity (Wildman–Crippen MR) is 104 cm³/mol. The van der Waals surface area contributed by atoms with E-state index in [1.165, 1.54) is 25.7 Å². The molecular formula is C20H26N4O3. The third-order valence-electron chi connectivity index (χ3n) is 4.73. The minimum Gasteiger partial charge on any atom is -0.493 e. The summed E-state index contributed by atoms with van der Waals surface area (Å²) in [6, 6.07) is 9.77. The van der Waals surface area contributed by atoms with Crippen LogP contribution in [-0.4, -0.2) is 36.4 Å². The number of nitrogens with one attached hydrogen (secondary N) is 2. The summed E-state index contributed by atoms with van der Waals surface area (Å²) in [6.45, 7) is 0. The summed E-state index contributed by atoms with van der Waals surface area (Å²) in [5.74, 6) is 2.45. The molecule has 1 aromatic heterocycles. The lowest BCUT2D eigenvalue weighted by Gasteiger charge is -2.12. The zero-order valence-electron chi connectivity index (χ0n) is 15.8. The Morgan fingerprint density at radius 1 is 1.04 bits per heavy atom. The highest BCUT2D eigenvalue weighted by molar-refractivity contribution is 5.89. The normalized spacial score (nSPS) is 14.0. The molecule has 1 heterocycles. The predicted octanol–water partition coefficient (Wildman–Crippen LogP) is 3.42. The van der Waals surface area contributed by atoms with Crippen LogP contribution in [0.1, 0.15) is 37.7 Å². The highest BCUT2D eigenvalue weighted by Gasteiger charge is 2.15. The molecular weight excluding hydrogens is 344 g/mol. The fourth-order valence-electron chi connectivity index (χ4n) is 3.25. The van der Waals surface area contributed by atoms with Crippen LogP contribution in [0.5, 0.6) is 11.5 Å². The minimum atomic E-state index is -0.101. The maximum Gasteiger partial charge on any atom is 0.225 e. The second-order valence-electron chi connectivity index (χ2n) is 6.67. The summed E-state index contributed by atoms with van der Waals surface area (Å²) in [6.07, 6.45) is 5.82. The van der Waals surface area contributed by atoms with E-state index in [1.807, 2.05) is 24.3 Å². The fraction of sp³-hybridized carbons (Fsp3) is 0.450. The molecule has 0 spiro atoms. The summed E-state index contributed by atoms with van der Waals surface area (Å²) in [5, 5.41) is 14.4. The molecule has 3 rings (SSSR count). The van der Waals surface area contributed by atoms with Crippen molar-refractivity contribution in [2.45, 2.75) is 44.6 Å². The number of carbonyl (C=O) groups excluding carboxylic acids is 1. The van der Waals surface area contributed by atoms with Gasteiger partial charge in [0.05, 0.1) is 14.2 Å². The van der Waals surface area contributed by atoms with Crippen LogP contribution < -0.4 is 20.1 Å². The Labute approximate surface area is 159 Å². The van der Waals surface area contributed by atoms with Crippen molar-refractivity contribution in [3.8, 4) is 11.5 Å². The first kappa shape index (κ1) is 18.9. The smallest absolute Gasteiger partial charge is 0.225 e. The van der Waals surface area contributed by atoms with Crippen molar-refractivity contribution in [1.29, 1.82) is 0 Å². The molecule has 0 atom stereocenters. The van der Waals surface area contributed by atoms with E-state index < -0.39 is 0 Å². The summed E-state index contributed by atoms with van der Waals surface area (Å²) in [4.78, 5) is 12.2. The maximum atomic E-state index is 12.2. The lowest BCUT2D eigenvalue weighted by molar-refractivity contribution is -0.116. The second-order valence-corrected chi connectivity index (χ2v) is 6.67. The second kappa shape index (κ2) is 9.21. The number of nitrogens with zero attached hydrogens (tertiary/aromatic N) is 2. The average Bonchev–Trinajstić information content (AvgIpc) is 3.20. The molecule has 0 aliphatic heterocycles. The minimum absolute atomic E-state index is 0.101. The van der Waals surface area contributed by atoms with Gasteiger partial charge in [-0.2, -0.15) is 0 Å². The Kier molecular flexibility index (Phi) is 6.46. The van der Waals surface area contributed by atoms with Crippen LogP contribution in [-0.2, 0) is 11.2 Å². The molecule has 0 unspecified atom stereocenters. The number of aryl methyl sites for hydroxylation is 1. The molecule has 1 aliphatic rings. The number of carbonyl (C=O) groups is 1. The molecule has 144 valence electrons. The van der Waals surface area contributed by atoms with E-state index >= 15 is 0 Å².